The predicted octanol–water partition coefficient (Wildman–Crippen LogP) is 4.22. The molecule has 6 nitrogen and oxygen atoms in total. The van der Waals surface area contributed by atoms with E-state index in [0.717, 1.165) is 18.4 Å². The molecule has 0 unspecified atom stereocenters. The summed E-state index contributed by atoms with van der Waals surface area (Å²) in [6, 6.07) is 7.51. The minimum absolute atomic E-state index is 0.00211. The second-order valence-electron chi connectivity index (χ2n) is 7.95. The van der Waals surface area contributed by atoms with Gasteiger partial charge in [-0.15, -0.1) is 11.3 Å². The van der Waals surface area contributed by atoms with Crippen molar-refractivity contribution in [2.75, 3.05) is 26.2 Å². The van der Waals surface area contributed by atoms with Crippen molar-refractivity contribution in [2.24, 2.45) is 0 Å². The smallest absolute Gasteiger partial charge is 0.318 e. The molecule has 168 valence electrons. The van der Waals surface area contributed by atoms with Crippen LogP contribution in [0.4, 0.5) is 9.18 Å². The number of halogens is 1. The van der Waals surface area contributed by atoms with Gasteiger partial charge in [0.1, 0.15) is 24.7 Å². The second kappa shape index (κ2) is 10.6. The van der Waals surface area contributed by atoms with E-state index < -0.39 is 0 Å². The Balaban J connectivity index is 1.75. The summed E-state index contributed by atoms with van der Waals surface area (Å²) < 4.78 is 19.4. The van der Waals surface area contributed by atoms with Crippen molar-refractivity contribution in [3.05, 3.63) is 52.0 Å². The zero-order valence-electron chi connectivity index (χ0n) is 18.3. The fraction of sp³-hybridized carbons (Fsp3) is 0.478. The number of hydrogen-bond donors (Lipinski definition) is 1. The molecule has 0 saturated heterocycles. The highest BCUT2D eigenvalue weighted by atomic mass is 32.1. The Kier molecular flexibility index (Phi) is 7.90. The number of fused-ring (bicyclic) bond motifs is 1. The molecule has 0 spiro atoms. The zero-order chi connectivity index (χ0) is 22.4. The molecule has 1 aliphatic rings. The molecule has 1 aliphatic heterocycles. The lowest BCUT2D eigenvalue weighted by Gasteiger charge is -2.37. The van der Waals surface area contributed by atoms with Crippen LogP contribution in [-0.2, 0) is 11.2 Å². The average molecular weight is 448 g/mol. The van der Waals surface area contributed by atoms with Gasteiger partial charge in [0.05, 0.1) is 6.04 Å². The van der Waals surface area contributed by atoms with Gasteiger partial charge in [-0.05, 0) is 55.8 Å². The Morgan fingerprint density at radius 1 is 1.35 bits per heavy atom. The first-order chi connectivity index (χ1) is 14.9. The van der Waals surface area contributed by atoms with Crippen LogP contribution in [0.5, 0.6) is 5.75 Å². The number of benzene rings is 1. The van der Waals surface area contributed by atoms with Crippen LogP contribution >= 0.6 is 11.3 Å². The minimum atomic E-state index is -0.364. The lowest BCUT2D eigenvalue weighted by atomic mass is 10.0. The summed E-state index contributed by atoms with van der Waals surface area (Å²) in [7, 11) is 0. The zero-order valence-corrected chi connectivity index (χ0v) is 19.1. The fourth-order valence-electron chi connectivity index (χ4n) is 3.72. The van der Waals surface area contributed by atoms with E-state index in [2.05, 4.69) is 5.32 Å². The number of hydrogen-bond acceptors (Lipinski definition) is 4. The van der Waals surface area contributed by atoms with Crippen LogP contribution in [0.3, 0.4) is 0 Å². The first-order valence-electron chi connectivity index (χ1n) is 10.7. The van der Waals surface area contributed by atoms with Gasteiger partial charge >= 0.3 is 6.03 Å². The number of thiophene rings is 1. The lowest BCUT2D eigenvalue weighted by molar-refractivity contribution is -0.135. The van der Waals surface area contributed by atoms with Crippen molar-refractivity contribution in [1.29, 1.82) is 0 Å². The first-order valence-corrected chi connectivity index (χ1v) is 11.6. The van der Waals surface area contributed by atoms with Crippen LogP contribution in [0.15, 0.2) is 35.7 Å². The van der Waals surface area contributed by atoms with Crippen LogP contribution < -0.4 is 10.1 Å². The molecular formula is C23H30FN3O3S. The molecule has 1 aromatic carbocycles. The topological polar surface area (TPSA) is 61.9 Å². The number of carbonyl (C=O) groups is 2. The highest BCUT2D eigenvalue weighted by Gasteiger charge is 2.33. The van der Waals surface area contributed by atoms with Gasteiger partial charge in [0.25, 0.3) is 0 Å². The van der Waals surface area contributed by atoms with Crippen LogP contribution in [0.1, 0.15) is 43.7 Å². The molecule has 1 aromatic heterocycles. The van der Waals surface area contributed by atoms with Crippen LogP contribution in [0.25, 0.3) is 0 Å². The van der Waals surface area contributed by atoms with Gasteiger partial charge in [0, 0.05) is 30.1 Å². The summed E-state index contributed by atoms with van der Waals surface area (Å²) in [6.45, 7) is 7.09. The van der Waals surface area contributed by atoms with E-state index >= 15 is 0 Å². The maximum Gasteiger partial charge on any atom is 0.318 e. The summed E-state index contributed by atoms with van der Waals surface area (Å²) in [5.74, 6) is -0.0487. The molecule has 3 amide bonds. The fourth-order valence-corrected chi connectivity index (χ4v) is 4.65. The molecule has 1 atom stereocenters. The third-order valence-electron chi connectivity index (χ3n) is 5.14. The predicted molar refractivity (Wildman–Crippen MR) is 120 cm³/mol. The Bertz CT molecular complexity index is 902. The van der Waals surface area contributed by atoms with Crippen LogP contribution in [0.2, 0.25) is 0 Å². The second-order valence-corrected chi connectivity index (χ2v) is 8.95. The van der Waals surface area contributed by atoms with Crippen LogP contribution in [0, 0.1) is 5.82 Å². The Hall–Kier alpha value is -2.61. The van der Waals surface area contributed by atoms with Gasteiger partial charge in [0.15, 0.2) is 0 Å². The van der Waals surface area contributed by atoms with E-state index in [1.165, 1.54) is 17.0 Å². The van der Waals surface area contributed by atoms with Crippen molar-refractivity contribution < 1.29 is 18.7 Å². The molecule has 2 heterocycles. The van der Waals surface area contributed by atoms with E-state index in [-0.39, 0.29) is 43.0 Å². The molecule has 8 heteroatoms. The van der Waals surface area contributed by atoms with E-state index in [9.17, 15) is 14.0 Å². The monoisotopic (exact) mass is 447 g/mol. The van der Waals surface area contributed by atoms with Crippen molar-refractivity contribution in [3.63, 3.8) is 0 Å². The van der Waals surface area contributed by atoms with Crippen molar-refractivity contribution in [2.45, 2.75) is 45.7 Å². The summed E-state index contributed by atoms with van der Waals surface area (Å²) in [4.78, 5) is 30.4. The number of urea groups is 1. The molecule has 2 aromatic rings. The molecule has 3 rings (SSSR count). The summed E-state index contributed by atoms with van der Waals surface area (Å²) in [5.41, 5.74) is 1.06. The number of nitrogens with zero attached hydrogens (tertiary/aromatic N) is 2. The molecule has 31 heavy (non-hydrogen) atoms. The van der Waals surface area contributed by atoms with Crippen molar-refractivity contribution >= 4 is 23.3 Å². The Labute approximate surface area is 187 Å². The summed E-state index contributed by atoms with van der Waals surface area (Å²) in [5, 5.41) is 4.89. The highest BCUT2D eigenvalue weighted by Crippen LogP contribution is 2.34. The lowest BCUT2D eigenvalue weighted by Crippen LogP contribution is -2.50. The van der Waals surface area contributed by atoms with E-state index in [1.807, 2.05) is 32.2 Å². The largest absolute Gasteiger partial charge is 0.491 e. The summed E-state index contributed by atoms with van der Waals surface area (Å²) in [6.07, 6.45) is 1.54. The molecule has 0 saturated carbocycles. The molecular weight excluding hydrogens is 417 g/mol. The quantitative estimate of drug-likeness (QED) is 0.659. The minimum Gasteiger partial charge on any atom is -0.491 e. The highest BCUT2D eigenvalue weighted by molar-refractivity contribution is 7.10. The number of rotatable bonds is 8. The average Bonchev–Trinajstić information content (AvgIpc) is 3.20. The maximum absolute atomic E-state index is 13.5. The number of nitrogens with one attached hydrogen (secondary N) is 1. The third-order valence-corrected chi connectivity index (χ3v) is 6.13. The normalized spacial score (nSPS) is 15.5. The van der Waals surface area contributed by atoms with Gasteiger partial charge in [-0.3, -0.25) is 4.79 Å². The van der Waals surface area contributed by atoms with Crippen molar-refractivity contribution in [3.8, 4) is 5.75 Å². The molecule has 1 N–H and O–H groups in total. The molecule has 0 fully saturated rings. The third kappa shape index (κ3) is 5.97. The molecule has 0 aliphatic carbocycles. The molecule has 0 radical (unpaired) electrons. The number of carbonyl (C=O) groups excluding carboxylic acids is 2. The van der Waals surface area contributed by atoms with Gasteiger partial charge in [-0.25, -0.2) is 9.18 Å². The maximum atomic E-state index is 13.5. The van der Waals surface area contributed by atoms with Crippen LogP contribution in [-0.4, -0.2) is 54.0 Å². The number of ether oxygens (including phenoxy) is 1. The SMILES string of the molecule is CCCN(CC(=O)N1CCc2sccc2[C@@H]1COc1cccc(F)c1)C(=O)NC(C)C. The van der Waals surface area contributed by atoms with Crippen molar-refractivity contribution in [1.82, 2.24) is 15.1 Å². The standard InChI is InChI=1S/C23H30FN3O3S/c1-4-10-26(23(29)25-16(2)3)14-22(28)27-11-8-21-19(9-12-31-21)20(27)15-30-18-7-5-6-17(24)13-18/h5-7,9,12-13,16,20H,4,8,10-11,14-15H2,1-3H3,(H,25,29)/t20-/m0/s1. The summed E-state index contributed by atoms with van der Waals surface area (Å²) >= 11 is 1.67. The van der Waals surface area contributed by atoms with E-state index in [1.54, 1.807) is 33.3 Å². The van der Waals surface area contributed by atoms with E-state index in [0.29, 0.717) is 18.8 Å². The van der Waals surface area contributed by atoms with Gasteiger partial charge in [-0.2, -0.15) is 0 Å². The first kappa shape index (κ1) is 23.1. The van der Waals surface area contributed by atoms with E-state index in [4.69, 9.17) is 4.74 Å². The van der Waals surface area contributed by atoms with Gasteiger partial charge in [-0.1, -0.05) is 13.0 Å². The number of amides is 3. The Morgan fingerprint density at radius 2 is 2.16 bits per heavy atom. The van der Waals surface area contributed by atoms with Gasteiger partial charge < -0.3 is 19.9 Å². The Morgan fingerprint density at radius 3 is 2.87 bits per heavy atom. The molecule has 0 bridgehead atoms. The van der Waals surface area contributed by atoms with Gasteiger partial charge in [0.2, 0.25) is 5.91 Å².